The Balaban J connectivity index is 1.41. The van der Waals surface area contributed by atoms with Gasteiger partial charge in [0.15, 0.2) is 11.5 Å². The van der Waals surface area contributed by atoms with E-state index in [9.17, 15) is 14.4 Å². The number of rotatable bonds is 5. The second-order valence-corrected chi connectivity index (χ2v) is 9.20. The fourth-order valence-electron chi connectivity index (χ4n) is 5.16. The Hall–Kier alpha value is -4.50. The van der Waals surface area contributed by atoms with E-state index < -0.39 is 11.8 Å². The molecule has 4 aromatic rings. The lowest BCUT2D eigenvalue weighted by molar-refractivity contribution is -0.141. The van der Waals surface area contributed by atoms with Crippen LogP contribution in [-0.2, 0) is 20.9 Å². The topological polar surface area (TPSA) is 99.4 Å². The highest BCUT2D eigenvalue weighted by Crippen LogP contribution is 2.41. The van der Waals surface area contributed by atoms with Gasteiger partial charge in [-0.25, -0.2) is 4.79 Å². The number of fused-ring (bicyclic) bond motifs is 5. The summed E-state index contributed by atoms with van der Waals surface area (Å²) in [6.07, 6.45) is 0. The second kappa shape index (κ2) is 9.42. The molecule has 6 rings (SSSR count). The van der Waals surface area contributed by atoms with Crippen molar-refractivity contribution in [3.8, 4) is 5.75 Å². The molecule has 0 bridgehead atoms. The number of anilines is 1. The van der Waals surface area contributed by atoms with Crippen molar-refractivity contribution in [2.24, 2.45) is 5.16 Å². The minimum atomic E-state index is -0.654. The van der Waals surface area contributed by atoms with Crippen LogP contribution in [0.15, 0.2) is 59.8 Å². The van der Waals surface area contributed by atoms with Gasteiger partial charge in [-0.2, -0.15) is 0 Å². The van der Waals surface area contributed by atoms with Crippen LogP contribution in [0.1, 0.15) is 40.1 Å². The summed E-state index contributed by atoms with van der Waals surface area (Å²) >= 11 is 0. The first-order valence-corrected chi connectivity index (χ1v) is 12.5. The van der Waals surface area contributed by atoms with Gasteiger partial charge >= 0.3 is 11.9 Å². The number of oxime groups is 1. The number of ether oxygens (including phenoxy) is 2. The number of carbonyl (C=O) groups excluding carboxylic acids is 3. The maximum absolute atomic E-state index is 13.5. The number of hydrogen-bond donors (Lipinski definition) is 0. The quantitative estimate of drug-likeness (QED) is 0.223. The molecule has 0 radical (unpaired) electrons. The summed E-state index contributed by atoms with van der Waals surface area (Å²) in [6.45, 7) is 6.95. The van der Waals surface area contributed by atoms with Crippen molar-refractivity contribution in [1.82, 2.24) is 4.57 Å². The minimum absolute atomic E-state index is 0.0977. The molecule has 2 aliphatic heterocycles. The van der Waals surface area contributed by atoms with E-state index in [0.29, 0.717) is 47.6 Å². The molecular formula is C29H25N3O6. The molecule has 1 saturated heterocycles. The molecule has 0 N–H and O–H groups in total. The lowest BCUT2D eigenvalue weighted by Crippen LogP contribution is -2.36. The number of ketones is 2. The van der Waals surface area contributed by atoms with Gasteiger partial charge in [-0.05, 0) is 66.7 Å². The van der Waals surface area contributed by atoms with Crippen LogP contribution in [0.2, 0.25) is 0 Å². The molecule has 9 heteroatoms. The van der Waals surface area contributed by atoms with Gasteiger partial charge in [-0.1, -0.05) is 0 Å². The van der Waals surface area contributed by atoms with Crippen LogP contribution in [-0.4, -0.2) is 54.3 Å². The van der Waals surface area contributed by atoms with Crippen molar-refractivity contribution in [1.29, 1.82) is 0 Å². The zero-order valence-electron chi connectivity index (χ0n) is 21.0. The average molecular weight is 512 g/mol. The van der Waals surface area contributed by atoms with Gasteiger partial charge in [0.25, 0.3) is 5.78 Å². The van der Waals surface area contributed by atoms with Crippen molar-refractivity contribution >= 4 is 50.9 Å². The highest BCUT2D eigenvalue weighted by molar-refractivity contribution is 6.47. The fourth-order valence-corrected chi connectivity index (χ4v) is 5.16. The molecule has 9 nitrogen and oxygen atoms in total. The first-order chi connectivity index (χ1) is 18.5. The van der Waals surface area contributed by atoms with Crippen molar-refractivity contribution in [2.45, 2.75) is 20.4 Å². The van der Waals surface area contributed by atoms with Crippen LogP contribution in [0.5, 0.6) is 5.75 Å². The van der Waals surface area contributed by atoms with E-state index in [1.807, 2.05) is 55.5 Å². The number of nitrogens with zero attached hydrogens (tertiary/aromatic N) is 3. The zero-order chi connectivity index (χ0) is 26.4. The number of aryl methyl sites for hydroxylation is 1. The molecule has 1 aromatic heterocycles. The third-order valence-electron chi connectivity index (χ3n) is 6.96. The predicted molar refractivity (Wildman–Crippen MR) is 142 cm³/mol. The predicted octanol–water partition coefficient (Wildman–Crippen LogP) is 4.33. The Morgan fingerprint density at radius 3 is 2.39 bits per heavy atom. The van der Waals surface area contributed by atoms with E-state index >= 15 is 0 Å². The summed E-state index contributed by atoms with van der Waals surface area (Å²) in [5.74, 6) is -1.17. The lowest BCUT2D eigenvalue weighted by atomic mass is 10.00. The Kier molecular flexibility index (Phi) is 5.92. The molecular weight excluding hydrogens is 486 g/mol. The van der Waals surface area contributed by atoms with E-state index in [1.54, 1.807) is 6.07 Å². The number of hydrogen-bond acceptors (Lipinski definition) is 8. The Morgan fingerprint density at radius 2 is 1.68 bits per heavy atom. The summed E-state index contributed by atoms with van der Waals surface area (Å²) in [4.78, 5) is 44.4. The van der Waals surface area contributed by atoms with E-state index in [0.717, 1.165) is 35.2 Å². The molecule has 0 saturated carbocycles. The molecule has 2 aliphatic rings. The van der Waals surface area contributed by atoms with E-state index in [4.69, 9.17) is 9.47 Å². The van der Waals surface area contributed by atoms with Gasteiger partial charge in [0, 0.05) is 54.3 Å². The van der Waals surface area contributed by atoms with E-state index in [2.05, 4.69) is 19.5 Å². The largest absolute Gasteiger partial charge is 0.432 e. The van der Waals surface area contributed by atoms with E-state index in [1.165, 1.54) is 6.92 Å². The van der Waals surface area contributed by atoms with E-state index in [-0.39, 0.29) is 11.7 Å². The third kappa shape index (κ3) is 3.92. The van der Waals surface area contributed by atoms with Crippen LogP contribution >= 0.6 is 0 Å². The molecule has 0 atom stereocenters. The molecule has 0 aliphatic carbocycles. The summed E-state index contributed by atoms with van der Waals surface area (Å²) in [7, 11) is 0. The van der Waals surface area contributed by atoms with Gasteiger partial charge in [0.1, 0.15) is 0 Å². The number of morpholine rings is 1. The van der Waals surface area contributed by atoms with Crippen molar-refractivity contribution in [3.63, 3.8) is 0 Å². The van der Waals surface area contributed by atoms with Gasteiger partial charge in [-0.15, -0.1) is 0 Å². The molecule has 38 heavy (non-hydrogen) atoms. The first-order valence-electron chi connectivity index (χ1n) is 12.5. The normalized spacial score (nSPS) is 16.2. The number of carbonyl (C=O) groups is 3. The van der Waals surface area contributed by atoms with Crippen LogP contribution in [0.3, 0.4) is 0 Å². The fraction of sp³-hybridized carbons (Fsp3) is 0.241. The highest BCUT2D eigenvalue weighted by atomic mass is 16.7. The average Bonchev–Trinajstić information content (AvgIpc) is 3.45. The monoisotopic (exact) mass is 511 g/mol. The number of Topliss-reactive ketones (excluding diaryl/α,β-unsaturated/α-hetero) is 1. The molecule has 192 valence electrons. The van der Waals surface area contributed by atoms with Crippen molar-refractivity contribution in [3.05, 3.63) is 71.3 Å². The maximum Gasteiger partial charge on any atom is 0.332 e. The maximum atomic E-state index is 13.5. The van der Waals surface area contributed by atoms with Gasteiger partial charge < -0.3 is 23.8 Å². The Bertz CT molecular complexity index is 1640. The summed E-state index contributed by atoms with van der Waals surface area (Å²) in [6, 6.07) is 16.8. The number of aromatic nitrogens is 1. The first kappa shape index (κ1) is 23.9. The Morgan fingerprint density at radius 1 is 0.974 bits per heavy atom. The Labute approximate surface area is 218 Å². The SMILES string of the molecule is CCn1c2ccc(C(=O)c3ccc(N4CCOCC4)cc3)cc2c2c3c(ccc21)C(=O)/C(=N/OC(C)=O)O3. The van der Waals surface area contributed by atoms with Crippen molar-refractivity contribution < 1.29 is 28.7 Å². The second-order valence-electron chi connectivity index (χ2n) is 9.20. The molecule has 0 amide bonds. The highest BCUT2D eigenvalue weighted by Gasteiger charge is 2.33. The van der Waals surface area contributed by atoms with Crippen LogP contribution in [0, 0.1) is 0 Å². The van der Waals surface area contributed by atoms with Crippen LogP contribution in [0.4, 0.5) is 5.69 Å². The lowest BCUT2D eigenvalue weighted by Gasteiger charge is -2.28. The van der Waals surface area contributed by atoms with Gasteiger partial charge in [0.05, 0.1) is 29.7 Å². The van der Waals surface area contributed by atoms with Crippen molar-refractivity contribution in [2.75, 3.05) is 31.2 Å². The smallest absolute Gasteiger partial charge is 0.332 e. The molecule has 3 aromatic carbocycles. The van der Waals surface area contributed by atoms with Crippen LogP contribution in [0.25, 0.3) is 21.8 Å². The third-order valence-corrected chi connectivity index (χ3v) is 6.96. The van der Waals surface area contributed by atoms with Gasteiger partial charge in [-0.3, -0.25) is 9.59 Å². The standard InChI is InChI=1S/C29H25N3O6/c1-3-32-23-10-6-19(26(34)18-4-7-20(8-5-18)31-12-14-36-15-13-31)16-22(23)25-24(32)11-9-21-27(35)29(37-28(21)25)30-38-17(2)33/h4-11,16H,3,12-15H2,1-2H3/b30-29-. The molecule has 0 spiro atoms. The molecule has 1 fully saturated rings. The summed E-state index contributed by atoms with van der Waals surface area (Å²) < 4.78 is 13.3. The van der Waals surface area contributed by atoms with Crippen LogP contribution < -0.4 is 9.64 Å². The zero-order valence-corrected chi connectivity index (χ0v) is 21.0. The van der Waals surface area contributed by atoms with Gasteiger partial charge in [0.2, 0.25) is 0 Å². The molecule has 3 heterocycles. The molecule has 0 unspecified atom stereocenters. The number of benzene rings is 3. The summed E-state index contributed by atoms with van der Waals surface area (Å²) in [5.41, 5.74) is 4.29. The summed E-state index contributed by atoms with van der Waals surface area (Å²) in [5, 5.41) is 5.08. The minimum Gasteiger partial charge on any atom is -0.432 e.